The second-order valence-corrected chi connectivity index (χ2v) is 7.43. The van der Waals surface area contributed by atoms with E-state index < -0.39 is 0 Å². The van der Waals surface area contributed by atoms with Gasteiger partial charge in [0.25, 0.3) is 0 Å². The molecular formula is C24H31N3O2. The number of aromatic nitrogens is 1. The van der Waals surface area contributed by atoms with Crippen LogP contribution in [-0.4, -0.2) is 49.1 Å². The zero-order valence-corrected chi connectivity index (χ0v) is 17.4. The van der Waals surface area contributed by atoms with E-state index >= 15 is 0 Å². The summed E-state index contributed by atoms with van der Waals surface area (Å²) in [6.07, 6.45) is 3.78. The van der Waals surface area contributed by atoms with Gasteiger partial charge in [0.2, 0.25) is 5.91 Å². The van der Waals surface area contributed by atoms with Crippen molar-refractivity contribution in [3.63, 3.8) is 0 Å². The molecule has 0 aliphatic heterocycles. The predicted octanol–water partition coefficient (Wildman–Crippen LogP) is 3.67. The Bertz CT molecular complexity index is 902. The van der Waals surface area contributed by atoms with Gasteiger partial charge in [0.15, 0.2) is 0 Å². The van der Waals surface area contributed by atoms with Gasteiger partial charge in [0.05, 0.1) is 6.54 Å². The largest absolute Gasteiger partial charge is 0.385 e. The number of H-pyrrole nitrogens is 1. The molecule has 1 aromatic heterocycles. The number of nitrogens with zero attached hydrogens (tertiary/aromatic N) is 1. The Morgan fingerprint density at radius 2 is 1.93 bits per heavy atom. The Kier molecular flexibility index (Phi) is 7.85. The fraction of sp³-hybridized carbons (Fsp3) is 0.375. The highest BCUT2D eigenvalue weighted by Crippen LogP contribution is 2.19. The van der Waals surface area contributed by atoms with Gasteiger partial charge in [-0.3, -0.25) is 4.79 Å². The quantitative estimate of drug-likeness (QED) is 0.489. The number of benzene rings is 2. The Hall–Kier alpha value is -2.63. The highest BCUT2D eigenvalue weighted by atomic mass is 16.5. The molecule has 0 atom stereocenters. The summed E-state index contributed by atoms with van der Waals surface area (Å²) in [5.74, 6) is 0.128. The third kappa shape index (κ3) is 6.17. The van der Waals surface area contributed by atoms with Crippen molar-refractivity contribution in [2.45, 2.75) is 26.3 Å². The SMILES string of the molecule is COCCCNCC(=O)N(CCc1c[nH]c2ccccc12)Cc1ccc(C)cc1. The lowest BCUT2D eigenvalue weighted by molar-refractivity contribution is -0.130. The Balaban J connectivity index is 1.64. The van der Waals surface area contributed by atoms with Gasteiger partial charge in [-0.25, -0.2) is 0 Å². The molecule has 3 aromatic rings. The van der Waals surface area contributed by atoms with Crippen LogP contribution in [0.3, 0.4) is 0 Å². The van der Waals surface area contributed by atoms with Crippen LogP contribution in [-0.2, 0) is 22.5 Å². The van der Waals surface area contributed by atoms with Crippen molar-refractivity contribution in [3.05, 3.63) is 71.4 Å². The first-order valence-corrected chi connectivity index (χ1v) is 10.3. The van der Waals surface area contributed by atoms with Crippen molar-refractivity contribution in [1.29, 1.82) is 0 Å². The van der Waals surface area contributed by atoms with Crippen LogP contribution in [0.4, 0.5) is 0 Å². The highest BCUT2D eigenvalue weighted by molar-refractivity contribution is 5.83. The molecule has 2 aromatic carbocycles. The molecule has 0 unspecified atom stereocenters. The van der Waals surface area contributed by atoms with Crippen molar-refractivity contribution in [2.24, 2.45) is 0 Å². The number of para-hydroxylation sites is 1. The van der Waals surface area contributed by atoms with Crippen LogP contribution in [0.1, 0.15) is 23.1 Å². The first-order valence-electron chi connectivity index (χ1n) is 10.3. The molecule has 5 nitrogen and oxygen atoms in total. The van der Waals surface area contributed by atoms with E-state index in [0.717, 1.165) is 30.5 Å². The van der Waals surface area contributed by atoms with Crippen LogP contribution < -0.4 is 5.32 Å². The van der Waals surface area contributed by atoms with Gasteiger partial charge in [0, 0.05) is 43.9 Å². The van der Waals surface area contributed by atoms with E-state index in [0.29, 0.717) is 26.2 Å². The Morgan fingerprint density at radius 3 is 2.72 bits per heavy atom. The van der Waals surface area contributed by atoms with Crippen LogP contribution in [0.5, 0.6) is 0 Å². The second-order valence-electron chi connectivity index (χ2n) is 7.43. The lowest BCUT2D eigenvalue weighted by Crippen LogP contribution is -2.39. The van der Waals surface area contributed by atoms with Gasteiger partial charge in [0.1, 0.15) is 0 Å². The molecule has 1 heterocycles. The van der Waals surface area contributed by atoms with Gasteiger partial charge in [-0.1, -0.05) is 48.0 Å². The van der Waals surface area contributed by atoms with E-state index in [-0.39, 0.29) is 5.91 Å². The minimum absolute atomic E-state index is 0.128. The summed E-state index contributed by atoms with van der Waals surface area (Å²) in [5, 5.41) is 4.47. The van der Waals surface area contributed by atoms with Crippen molar-refractivity contribution < 1.29 is 9.53 Å². The maximum atomic E-state index is 12.9. The molecule has 5 heteroatoms. The molecule has 0 aliphatic rings. The average molecular weight is 394 g/mol. The average Bonchev–Trinajstić information content (AvgIpc) is 3.15. The number of hydrogen-bond donors (Lipinski definition) is 2. The van der Waals surface area contributed by atoms with E-state index in [4.69, 9.17) is 4.74 Å². The van der Waals surface area contributed by atoms with Crippen LogP contribution in [0.25, 0.3) is 10.9 Å². The molecule has 0 bridgehead atoms. The van der Waals surface area contributed by atoms with Gasteiger partial charge < -0.3 is 19.9 Å². The molecule has 3 rings (SSSR count). The standard InChI is InChI=1S/C24H31N3O2/c1-19-8-10-20(11-9-19)18-27(24(28)17-25-13-5-15-29-2)14-12-21-16-26-23-7-4-3-6-22(21)23/h3-4,6-11,16,25-26H,5,12-15,17-18H2,1-2H3. The fourth-order valence-electron chi connectivity index (χ4n) is 3.45. The third-order valence-corrected chi connectivity index (χ3v) is 5.15. The normalized spacial score (nSPS) is 11.1. The molecule has 0 saturated heterocycles. The first kappa shape index (κ1) is 21.1. The summed E-state index contributed by atoms with van der Waals surface area (Å²) in [6.45, 7) is 5.22. The number of aryl methyl sites for hydroxylation is 1. The molecule has 0 spiro atoms. The summed E-state index contributed by atoms with van der Waals surface area (Å²) in [6, 6.07) is 16.7. The fourth-order valence-corrected chi connectivity index (χ4v) is 3.45. The van der Waals surface area contributed by atoms with E-state index in [2.05, 4.69) is 65.9 Å². The molecule has 0 fully saturated rings. The molecule has 29 heavy (non-hydrogen) atoms. The number of fused-ring (bicyclic) bond motifs is 1. The van der Waals surface area contributed by atoms with Crippen molar-refractivity contribution >= 4 is 16.8 Å². The number of methoxy groups -OCH3 is 1. The number of aromatic amines is 1. The number of rotatable bonds is 11. The number of carbonyl (C=O) groups is 1. The number of carbonyl (C=O) groups excluding carboxylic acids is 1. The molecule has 0 saturated carbocycles. The van der Waals surface area contributed by atoms with Crippen LogP contribution in [0.2, 0.25) is 0 Å². The van der Waals surface area contributed by atoms with Crippen molar-refractivity contribution in [1.82, 2.24) is 15.2 Å². The number of nitrogens with one attached hydrogen (secondary N) is 2. The number of ether oxygens (including phenoxy) is 1. The van der Waals surface area contributed by atoms with Crippen LogP contribution in [0.15, 0.2) is 54.7 Å². The summed E-state index contributed by atoms with van der Waals surface area (Å²) in [4.78, 5) is 18.2. The Labute approximate surface area is 173 Å². The summed E-state index contributed by atoms with van der Waals surface area (Å²) in [5.41, 5.74) is 4.77. The lowest BCUT2D eigenvalue weighted by Gasteiger charge is -2.23. The molecule has 1 amide bonds. The monoisotopic (exact) mass is 393 g/mol. The predicted molar refractivity (Wildman–Crippen MR) is 118 cm³/mol. The first-order chi connectivity index (χ1) is 14.2. The summed E-state index contributed by atoms with van der Waals surface area (Å²) < 4.78 is 5.06. The van der Waals surface area contributed by atoms with Gasteiger partial charge in [-0.2, -0.15) is 0 Å². The van der Waals surface area contributed by atoms with E-state index in [1.807, 2.05) is 11.0 Å². The second kappa shape index (κ2) is 10.8. The van der Waals surface area contributed by atoms with Crippen LogP contribution >= 0.6 is 0 Å². The minimum Gasteiger partial charge on any atom is -0.385 e. The Morgan fingerprint density at radius 1 is 1.14 bits per heavy atom. The van der Waals surface area contributed by atoms with Crippen molar-refractivity contribution in [3.8, 4) is 0 Å². The third-order valence-electron chi connectivity index (χ3n) is 5.15. The molecule has 0 aliphatic carbocycles. The molecule has 154 valence electrons. The van der Waals surface area contributed by atoms with E-state index in [1.165, 1.54) is 16.5 Å². The van der Waals surface area contributed by atoms with Crippen LogP contribution in [0, 0.1) is 6.92 Å². The maximum Gasteiger partial charge on any atom is 0.236 e. The number of hydrogen-bond acceptors (Lipinski definition) is 3. The van der Waals surface area contributed by atoms with E-state index in [9.17, 15) is 4.79 Å². The van der Waals surface area contributed by atoms with Gasteiger partial charge in [-0.05, 0) is 43.5 Å². The smallest absolute Gasteiger partial charge is 0.236 e. The molecule has 2 N–H and O–H groups in total. The number of amides is 1. The minimum atomic E-state index is 0.128. The lowest BCUT2D eigenvalue weighted by atomic mass is 10.1. The van der Waals surface area contributed by atoms with Crippen molar-refractivity contribution in [2.75, 3.05) is 33.4 Å². The topological polar surface area (TPSA) is 57.4 Å². The van der Waals surface area contributed by atoms with Gasteiger partial charge >= 0.3 is 0 Å². The zero-order valence-electron chi connectivity index (χ0n) is 17.4. The van der Waals surface area contributed by atoms with Gasteiger partial charge in [-0.15, -0.1) is 0 Å². The highest BCUT2D eigenvalue weighted by Gasteiger charge is 2.15. The molecular weight excluding hydrogens is 362 g/mol. The summed E-state index contributed by atoms with van der Waals surface area (Å²) in [7, 11) is 1.69. The van der Waals surface area contributed by atoms with E-state index in [1.54, 1.807) is 7.11 Å². The summed E-state index contributed by atoms with van der Waals surface area (Å²) >= 11 is 0. The molecule has 0 radical (unpaired) electrons. The zero-order chi connectivity index (χ0) is 20.5. The maximum absolute atomic E-state index is 12.9.